The molecule has 0 radical (unpaired) electrons. The van der Waals surface area contributed by atoms with Crippen LogP contribution in [-0.2, 0) is 7.05 Å². The van der Waals surface area contributed by atoms with Gasteiger partial charge in [-0.05, 0) is 27.4 Å². The molecule has 1 aromatic heterocycles. The Hall–Kier alpha value is -2.12. The van der Waals surface area contributed by atoms with Gasteiger partial charge in [0.2, 0.25) is 0 Å². The first-order valence-electron chi connectivity index (χ1n) is 5.82. The molecule has 0 amide bonds. The number of rotatable bonds is 1. The third-order valence-corrected chi connectivity index (χ3v) is 3.75. The topological polar surface area (TPSA) is 41.6 Å². The highest BCUT2D eigenvalue weighted by atomic mass is 79.9. The molecule has 19 heavy (non-hydrogen) atoms. The van der Waals surface area contributed by atoms with Crippen molar-refractivity contribution in [3.8, 4) is 17.3 Å². The van der Waals surface area contributed by atoms with Crippen molar-refractivity contribution in [2.75, 3.05) is 0 Å². The van der Waals surface area contributed by atoms with E-state index >= 15 is 0 Å². The van der Waals surface area contributed by atoms with Crippen LogP contribution in [0.3, 0.4) is 0 Å². The van der Waals surface area contributed by atoms with Crippen molar-refractivity contribution in [2.24, 2.45) is 7.05 Å². The molecule has 3 aromatic rings. The van der Waals surface area contributed by atoms with Crippen molar-refractivity contribution >= 4 is 26.7 Å². The van der Waals surface area contributed by atoms with Crippen LogP contribution in [0.15, 0.2) is 47.1 Å². The van der Waals surface area contributed by atoms with Crippen molar-refractivity contribution in [3.63, 3.8) is 0 Å². The molecule has 3 nitrogen and oxygen atoms in total. The summed E-state index contributed by atoms with van der Waals surface area (Å²) in [6.45, 7) is 0. The molecule has 0 fully saturated rings. The maximum absolute atomic E-state index is 9.31. The van der Waals surface area contributed by atoms with Crippen LogP contribution in [0.4, 0.5) is 0 Å². The van der Waals surface area contributed by atoms with Crippen molar-refractivity contribution in [3.05, 3.63) is 52.6 Å². The smallest absolute Gasteiger partial charge is 0.0998 e. The number of nitriles is 1. The first kappa shape index (κ1) is 11.9. The second kappa shape index (κ2) is 4.52. The number of halogens is 1. The predicted molar refractivity (Wildman–Crippen MR) is 78.6 cm³/mol. The van der Waals surface area contributed by atoms with E-state index in [1.807, 2.05) is 48.1 Å². The molecule has 0 saturated heterocycles. The standard InChI is InChI=1S/C15H10BrN3/c1-19-15(13(16)9-18-19)12-7-3-5-10-4-2-6-11(8-17)14(10)12/h2-7,9H,1H3. The summed E-state index contributed by atoms with van der Waals surface area (Å²) in [5.41, 5.74) is 2.68. The molecule has 3 rings (SSSR count). The number of hydrogen-bond acceptors (Lipinski definition) is 2. The molecule has 0 spiro atoms. The number of fused-ring (bicyclic) bond motifs is 1. The molecule has 4 heteroatoms. The molecule has 0 aliphatic rings. The highest BCUT2D eigenvalue weighted by molar-refractivity contribution is 9.10. The molecular formula is C15H10BrN3. The second-order valence-electron chi connectivity index (χ2n) is 4.29. The van der Waals surface area contributed by atoms with Crippen LogP contribution in [-0.4, -0.2) is 9.78 Å². The average Bonchev–Trinajstić information content (AvgIpc) is 2.77. The summed E-state index contributed by atoms with van der Waals surface area (Å²) in [5.74, 6) is 0. The molecule has 0 bridgehead atoms. The molecule has 0 atom stereocenters. The predicted octanol–water partition coefficient (Wildman–Crippen LogP) is 3.87. The van der Waals surface area contributed by atoms with Crippen LogP contribution in [0.1, 0.15) is 5.56 Å². The Morgan fingerprint density at radius 2 is 1.95 bits per heavy atom. The normalized spacial score (nSPS) is 10.6. The Kier molecular flexibility index (Phi) is 2.84. The van der Waals surface area contributed by atoms with Gasteiger partial charge in [0, 0.05) is 18.0 Å². The van der Waals surface area contributed by atoms with Crippen molar-refractivity contribution < 1.29 is 0 Å². The SMILES string of the molecule is Cn1ncc(Br)c1-c1cccc2cccc(C#N)c12. The van der Waals surface area contributed by atoms with Crippen LogP contribution in [0.5, 0.6) is 0 Å². The van der Waals surface area contributed by atoms with E-state index in [9.17, 15) is 5.26 Å². The van der Waals surface area contributed by atoms with Gasteiger partial charge in [-0.1, -0.05) is 30.3 Å². The van der Waals surface area contributed by atoms with Gasteiger partial charge in [-0.25, -0.2) is 0 Å². The summed E-state index contributed by atoms with van der Waals surface area (Å²) in [7, 11) is 1.90. The molecule has 92 valence electrons. The van der Waals surface area contributed by atoms with E-state index in [4.69, 9.17) is 0 Å². The lowest BCUT2D eigenvalue weighted by molar-refractivity contribution is 0.776. The van der Waals surface area contributed by atoms with Gasteiger partial charge >= 0.3 is 0 Å². The summed E-state index contributed by atoms with van der Waals surface area (Å²) < 4.78 is 2.74. The third kappa shape index (κ3) is 1.83. The van der Waals surface area contributed by atoms with E-state index in [1.165, 1.54) is 0 Å². The Balaban J connectivity index is 2.46. The molecule has 0 unspecified atom stereocenters. The van der Waals surface area contributed by atoms with Gasteiger partial charge in [0.05, 0.1) is 28.0 Å². The van der Waals surface area contributed by atoms with E-state index in [0.717, 1.165) is 26.5 Å². The first-order chi connectivity index (χ1) is 9.22. The minimum absolute atomic E-state index is 0.682. The molecular weight excluding hydrogens is 302 g/mol. The van der Waals surface area contributed by atoms with E-state index in [2.05, 4.69) is 27.1 Å². The molecule has 0 aliphatic carbocycles. The van der Waals surface area contributed by atoms with Crippen molar-refractivity contribution in [1.29, 1.82) is 5.26 Å². The molecule has 2 aromatic carbocycles. The second-order valence-corrected chi connectivity index (χ2v) is 5.14. The maximum Gasteiger partial charge on any atom is 0.0998 e. The highest BCUT2D eigenvalue weighted by Crippen LogP contribution is 2.34. The van der Waals surface area contributed by atoms with Crippen LogP contribution in [0, 0.1) is 11.3 Å². The van der Waals surface area contributed by atoms with Gasteiger partial charge in [0.15, 0.2) is 0 Å². The van der Waals surface area contributed by atoms with Crippen LogP contribution < -0.4 is 0 Å². The Labute approximate surface area is 119 Å². The van der Waals surface area contributed by atoms with E-state index in [0.29, 0.717) is 5.56 Å². The first-order valence-corrected chi connectivity index (χ1v) is 6.61. The fourth-order valence-electron chi connectivity index (χ4n) is 2.35. The minimum Gasteiger partial charge on any atom is -0.267 e. The Morgan fingerprint density at radius 1 is 1.21 bits per heavy atom. The average molecular weight is 312 g/mol. The third-order valence-electron chi connectivity index (χ3n) is 3.17. The van der Waals surface area contributed by atoms with Gasteiger partial charge in [-0.15, -0.1) is 0 Å². The quantitative estimate of drug-likeness (QED) is 0.684. The largest absolute Gasteiger partial charge is 0.267 e. The lowest BCUT2D eigenvalue weighted by Crippen LogP contribution is -1.95. The zero-order chi connectivity index (χ0) is 13.4. The van der Waals surface area contributed by atoms with E-state index < -0.39 is 0 Å². The number of aryl methyl sites for hydroxylation is 1. The van der Waals surface area contributed by atoms with Gasteiger partial charge in [-0.3, -0.25) is 4.68 Å². The van der Waals surface area contributed by atoms with Gasteiger partial charge < -0.3 is 0 Å². The van der Waals surface area contributed by atoms with E-state index in [-0.39, 0.29) is 0 Å². The summed E-state index contributed by atoms with van der Waals surface area (Å²) in [6, 6.07) is 14.1. The summed E-state index contributed by atoms with van der Waals surface area (Å²) in [6.07, 6.45) is 1.77. The van der Waals surface area contributed by atoms with Crippen molar-refractivity contribution in [1.82, 2.24) is 9.78 Å². The summed E-state index contributed by atoms with van der Waals surface area (Å²) in [5, 5.41) is 15.6. The summed E-state index contributed by atoms with van der Waals surface area (Å²) >= 11 is 3.52. The Morgan fingerprint density at radius 3 is 2.58 bits per heavy atom. The highest BCUT2D eigenvalue weighted by Gasteiger charge is 2.14. The molecule has 0 aliphatic heterocycles. The van der Waals surface area contributed by atoms with Crippen molar-refractivity contribution in [2.45, 2.75) is 0 Å². The van der Waals surface area contributed by atoms with Crippen LogP contribution >= 0.6 is 15.9 Å². The minimum atomic E-state index is 0.682. The lowest BCUT2D eigenvalue weighted by atomic mass is 9.98. The van der Waals surface area contributed by atoms with Gasteiger partial charge in [0.25, 0.3) is 0 Å². The summed E-state index contributed by atoms with van der Waals surface area (Å²) in [4.78, 5) is 0. The maximum atomic E-state index is 9.31. The zero-order valence-corrected chi connectivity index (χ0v) is 11.8. The van der Waals surface area contributed by atoms with Crippen LogP contribution in [0.2, 0.25) is 0 Å². The molecule has 1 heterocycles. The molecule has 0 saturated carbocycles. The number of aromatic nitrogens is 2. The number of nitrogens with zero attached hydrogens (tertiary/aromatic N) is 3. The fourth-order valence-corrected chi connectivity index (χ4v) is 2.91. The van der Waals surface area contributed by atoms with Gasteiger partial charge in [0.1, 0.15) is 0 Å². The zero-order valence-electron chi connectivity index (χ0n) is 10.3. The van der Waals surface area contributed by atoms with Crippen LogP contribution in [0.25, 0.3) is 22.0 Å². The molecule has 0 N–H and O–H groups in total. The Bertz CT molecular complexity index is 787. The van der Waals surface area contributed by atoms with Gasteiger partial charge in [-0.2, -0.15) is 10.4 Å². The monoisotopic (exact) mass is 311 g/mol. The fraction of sp³-hybridized carbons (Fsp3) is 0.0667. The lowest BCUT2D eigenvalue weighted by Gasteiger charge is -2.09. The number of hydrogen-bond donors (Lipinski definition) is 0. The van der Waals surface area contributed by atoms with E-state index in [1.54, 1.807) is 6.20 Å². The number of benzene rings is 2.